The summed E-state index contributed by atoms with van der Waals surface area (Å²) in [6.45, 7) is 1.90. The smallest absolute Gasteiger partial charge is 0.251 e. The van der Waals surface area contributed by atoms with Gasteiger partial charge in [-0.2, -0.15) is 0 Å². The maximum Gasteiger partial charge on any atom is 0.251 e. The normalized spacial score (nSPS) is 23.1. The summed E-state index contributed by atoms with van der Waals surface area (Å²) in [5, 5.41) is 5.50. The topological polar surface area (TPSA) is 67.4 Å². The molecule has 3 atom stereocenters. The number of likely N-dealkylation sites (N-methyl/N-ethyl adjacent to an activating group) is 1. The van der Waals surface area contributed by atoms with E-state index < -0.39 is 6.10 Å². The summed E-state index contributed by atoms with van der Waals surface area (Å²) in [6, 6.07) is 8.93. The Balaban J connectivity index is 1.88. The first-order valence-electron chi connectivity index (χ1n) is 6.84. The summed E-state index contributed by atoms with van der Waals surface area (Å²) >= 11 is 0. The van der Waals surface area contributed by atoms with Crippen LogP contribution in [0.25, 0.3) is 0 Å². The molecule has 5 heteroatoms. The van der Waals surface area contributed by atoms with Crippen molar-refractivity contribution < 1.29 is 14.3 Å². The number of benzene rings is 1. The van der Waals surface area contributed by atoms with Crippen LogP contribution >= 0.6 is 0 Å². The molecule has 1 fully saturated rings. The third kappa shape index (κ3) is 3.36. The maximum atomic E-state index is 12.0. The van der Waals surface area contributed by atoms with E-state index in [2.05, 4.69) is 10.6 Å². The summed E-state index contributed by atoms with van der Waals surface area (Å²) in [5.41, 5.74) is 0.625. The minimum absolute atomic E-state index is 0.103. The van der Waals surface area contributed by atoms with E-state index in [1.54, 1.807) is 19.2 Å². The molecule has 5 nitrogen and oxygen atoms in total. The van der Waals surface area contributed by atoms with Crippen molar-refractivity contribution in [3.05, 3.63) is 35.9 Å². The molecular formula is C15H20N2O3. The number of nitrogens with one attached hydrogen (secondary N) is 2. The molecule has 2 rings (SSSR count). The van der Waals surface area contributed by atoms with Gasteiger partial charge in [0, 0.05) is 12.6 Å². The predicted octanol–water partition coefficient (Wildman–Crippen LogP) is 1.10. The van der Waals surface area contributed by atoms with Crippen LogP contribution in [0, 0.1) is 0 Å². The standard InChI is InChI=1S/C15H20N2O3/c1-10(12-8-9-13(20-12)15(19)16-2)17-14(18)11-6-4-3-5-7-11/h3-7,10,12-13H,8-9H2,1-2H3,(H,16,19)(H,17,18)/t10-,12-,13+/m0/s1. The Morgan fingerprint density at radius 3 is 2.60 bits per heavy atom. The lowest BCUT2D eigenvalue weighted by atomic mass is 10.1. The van der Waals surface area contributed by atoms with E-state index in [1.165, 1.54) is 0 Å². The minimum Gasteiger partial charge on any atom is -0.363 e. The Hall–Kier alpha value is -1.88. The number of rotatable bonds is 4. The fourth-order valence-corrected chi connectivity index (χ4v) is 2.36. The van der Waals surface area contributed by atoms with Crippen molar-refractivity contribution in [3.63, 3.8) is 0 Å². The molecule has 0 saturated carbocycles. The minimum atomic E-state index is -0.402. The second-order valence-electron chi connectivity index (χ2n) is 4.98. The third-order valence-corrected chi connectivity index (χ3v) is 3.54. The molecular weight excluding hydrogens is 256 g/mol. The van der Waals surface area contributed by atoms with Gasteiger partial charge >= 0.3 is 0 Å². The average Bonchev–Trinajstić information content (AvgIpc) is 2.97. The molecule has 20 heavy (non-hydrogen) atoms. The molecule has 1 aromatic carbocycles. The van der Waals surface area contributed by atoms with Gasteiger partial charge in [-0.3, -0.25) is 9.59 Å². The highest BCUT2D eigenvalue weighted by Crippen LogP contribution is 2.22. The van der Waals surface area contributed by atoms with Gasteiger partial charge in [-0.05, 0) is 31.9 Å². The lowest BCUT2D eigenvalue weighted by Crippen LogP contribution is -2.42. The number of carbonyl (C=O) groups excluding carboxylic acids is 2. The van der Waals surface area contributed by atoms with Crippen molar-refractivity contribution in [3.8, 4) is 0 Å². The van der Waals surface area contributed by atoms with E-state index in [9.17, 15) is 9.59 Å². The van der Waals surface area contributed by atoms with Crippen LogP contribution in [0.4, 0.5) is 0 Å². The highest BCUT2D eigenvalue weighted by molar-refractivity contribution is 5.94. The van der Waals surface area contributed by atoms with Gasteiger partial charge in [0.2, 0.25) is 5.91 Å². The molecule has 1 aliphatic heterocycles. The van der Waals surface area contributed by atoms with Gasteiger partial charge in [-0.25, -0.2) is 0 Å². The molecule has 108 valence electrons. The summed E-state index contributed by atoms with van der Waals surface area (Å²) in [5.74, 6) is -0.223. The Kier molecular flexibility index (Phi) is 4.74. The van der Waals surface area contributed by atoms with Crippen LogP contribution in [-0.2, 0) is 9.53 Å². The molecule has 0 spiro atoms. The van der Waals surface area contributed by atoms with Gasteiger partial charge in [0.1, 0.15) is 6.10 Å². The summed E-state index contributed by atoms with van der Waals surface area (Å²) in [4.78, 5) is 23.5. The molecule has 0 aliphatic carbocycles. The van der Waals surface area contributed by atoms with Crippen LogP contribution in [-0.4, -0.2) is 37.1 Å². The van der Waals surface area contributed by atoms with Crippen molar-refractivity contribution in [1.82, 2.24) is 10.6 Å². The number of carbonyl (C=O) groups is 2. The Bertz CT molecular complexity index is 475. The van der Waals surface area contributed by atoms with E-state index in [-0.39, 0.29) is 24.0 Å². The van der Waals surface area contributed by atoms with E-state index >= 15 is 0 Å². The fourth-order valence-electron chi connectivity index (χ4n) is 2.36. The molecule has 2 N–H and O–H groups in total. The van der Waals surface area contributed by atoms with Crippen LogP contribution in [0.5, 0.6) is 0 Å². The monoisotopic (exact) mass is 276 g/mol. The van der Waals surface area contributed by atoms with Crippen molar-refractivity contribution in [2.45, 2.75) is 38.0 Å². The first kappa shape index (κ1) is 14.5. The van der Waals surface area contributed by atoms with Crippen LogP contribution in [0.2, 0.25) is 0 Å². The van der Waals surface area contributed by atoms with Crippen molar-refractivity contribution in [2.24, 2.45) is 0 Å². The molecule has 2 amide bonds. The van der Waals surface area contributed by atoms with E-state index in [1.807, 2.05) is 25.1 Å². The van der Waals surface area contributed by atoms with Gasteiger partial charge in [0.25, 0.3) is 5.91 Å². The Morgan fingerprint density at radius 2 is 1.95 bits per heavy atom. The van der Waals surface area contributed by atoms with Crippen LogP contribution < -0.4 is 10.6 Å². The molecule has 0 unspecified atom stereocenters. The van der Waals surface area contributed by atoms with Gasteiger partial charge < -0.3 is 15.4 Å². The molecule has 1 aliphatic rings. The SMILES string of the molecule is CNC(=O)[C@H]1CC[C@@H]([C@H](C)NC(=O)c2ccccc2)O1. The van der Waals surface area contributed by atoms with E-state index in [0.717, 1.165) is 6.42 Å². The largest absolute Gasteiger partial charge is 0.363 e. The third-order valence-electron chi connectivity index (χ3n) is 3.54. The van der Waals surface area contributed by atoms with Gasteiger partial charge in [-0.1, -0.05) is 18.2 Å². The van der Waals surface area contributed by atoms with Crippen LogP contribution in [0.1, 0.15) is 30.1 Å². The van der Waals surface area contributed by atoms with Crippen LogP contribution in [0.15, 0.2) is 30.3 Å². The van der Waals surface area contributed by atoms with E-state index in [4.69, 9.17) is 4.74 Å². The van der Waals surface area contributed by atoms with Crippen molar-refractivity contribution in [1.29, 1.82) is 0 Å². The zero-order valence-electron chi connectivity index (χ0n) is 11.8. The number of hydrogen-bond acceptors (Lipinski definition) is 3. The predicted molar refractivity (Wildman–Crippen MR) is 75.3 cm³/mol. The number of hydrogen-bond donors (Lipinski definition) is 2. The molecule has 0 aromatic heterocycles. The maximum absolute atomic E-state index is 12.0. The second kappa shape index (κ2) is 6.52. The first-order chi connectivity index (χ1) is 9.61. The summed E-state index contributed by atoms with van der Waals surface area (Å²) in [7, 11) is 1.60. The number of amides is 2. The number of ether oxygens (including phenoxy) is 1. The zero-order chi connectivity index (χ0) is 14.5. The summed E-state index contributed by atoms with van der Waals surface area (Å²) < 4.78 is 5.69. The average molecular weight is 276 g/mol. The molecule has 1 saturated heterocycles. The Labute approximate surface area is 118 Å². The highest BCUT2D eigenvalue weighted by Gasteiger charge is 2.33. The first-order valence-corrected chi connectivity index (χ1v) is 6.84. The fraction of sp³-hybridized carbons (Fsp3) is 0.467. The quantitative estimate of drug-likeness (QED) is 0.865. The van der Waals surface area contributed by atoms with Crippen LogP contribution in [0.3, 0.4) is 0 Å². The highest BCUT2D eigenvalue weighted by atomic mass is 16.5. The van der Waals surface area contributed by atoms with Gasteiger partial charge in [-0.15, -0.1) is 0 Å². The zero-order valence-corrected chi connectivity index (χ0v) is 11.8. The van der Waals surface area contributed by atoms with Crippen molar-refractivity contribution >= 4 is 11.8 Å². The van der Waals surface area contributed by atoms with E-state index in [0.29, 0.717) is 12.0 Å². The summed E-state index contributed by atoms with van der Waals surface area (Å²) in [6.07, 6.45) is 0.940. The second-order valence-corrected chi connectivity index (χ2v) is 4.98. The lowest BCUT2D eigenvalue weighted by molar-refractivity contribution is -0.131. The van der Waals surface area contributed by atoms with Gasteiger partial charge in [0.15, 0.2) is 0 Å². The van der Waals surface area contributed by atoms with Gasteiger partial charge in [0.05, 0.1) is 12.1 Å². The molecule has 0 bridgehead atoms. The Morgan fingerprint density at radius 1 is 1.25 bits per heavy atom. The molecule has 1 heterocycles. The van der Waals surface area contributed by atoms with Crippen molar-refractivity contribution in [2.75, 3.05) is 7.05 Å². The lowest BCUT2D eigenvalue weighted by Gasteiger charge is -2.21. The molecule has 0 radical (unpaired) electrons. The molecule has 1 aromatic rings.